The number of carbonyl (C=O) groups is 1. The minimum Gasteiger partial charge on any atom is -0.481 e. The van der Waals surface area contributed by atoms with Crippen molar-refractivity contribution in [1.82, 2.24) is 10.2 Å². The Kier molecular flexibility index (Phi) is 3.99. The SMILES string of the molecule is O=C(O)CC1(Cc2nnc(-c3sccc3Cl)o2)CCCC1. The van der Waals surface area contributed by atoms with Gasteiger partial charge in [-0.3, -0.25) is 4.79 Å². The smallest absolute Gasteiger partial charge is 0.303 e. The lowest BCUT2D eigenvalue weighted by molar-refractivity contribution is -0.139. The van der Waals surface area contributed by atoms with Gasteiger partial charge in [-0.2, -0.15) is 0 Å². The molecule has 0 atom stereocenters. The van der Waals surface area contributed by atoms with Crippen LogP contribution in [0.3, 0.4) is 0 Å². The summed E-state index contributed by atoms with van der Waals surface area (Å²) in [5.41, 5.74) is -0.241. The van der Waals surface area contributed by atoms with Crippen molar-refractivity contribution in [2.24, 2.45) is 5.41 Å². The van der Waals surface area contributed by atoms with Gasteiger partial charge in [0.15, 0.2) is 0 Å². The summed E-state index contributed by atoms with van der Waals surface area (Å²) in [6.07, 6.45) is 4.60. The molecule has 0 unspecified atom stereocenters. The Labute approximate surface area is 131 Å². The van der Waals surface area contributed by atoms with Crippen molar-refractivity contribution in [3.05, 3.63) is 22.4 Å². The molecular formula is C14H15ClN2O3S. The summed E-state index contributed by atoms with van der Waals surface area (Å²) in [7, 11) is 0. The summed E-state index contributed by atoms with van der Waals surface area (Å²) in [5.74, 6) is 0.143. The lowest BCUT2D eigenvalue weighted by atomic mass is 9.79. The van der Waals surface area contributed by atoms with E-state index in [1.54, 1.807) is 6.07 Å². The normalized spacial score (nSPS) is 17.2. The van der Waals surface area contributed by atoms with Crippen LogP contribution < -0.4 is 0 Å². The maximum Gasteiger partial charge on any atom is 0.303 e. The van der Waals surface area contributed by atoms with Crippen LogP contribution in [0.15, 0.2) is 15.9 Å². The van der Waals surface area contributed by atoms with Crippen molar-refractivity contribution in [3.8, 4) is 10.8 Å². The van der Waals surface area contributed by atoms with Crippen molar-refractivity contribution in [2.45, 2.75) is 38.5 Å². The number of nitrogens with zero attached hydrogens (tertiary/aromatic N) is 2. The van der Waals surface area contributed by atoms with Crippen LogP contribution in [-0.4, -0.2) is 21.3 Å². The third-order valence-electron chi connectivity index (χ3n) is 3.99. The van der Waals surface area contributed by atoms with Crippen molar-refractivity contribution < 1.29 is 14.3 Å². The number of thiophene rings is 1. The van der Waals surface area contributed by atoms with Crippen LogP contribution in [0.5, 0.6) is 0 Å². The first-order valence-corrected chi connectivity index (χ1v) is 8.11. The Morgan fingerprint density at radius 2 is 2.19 bits per heavy atom. The van der Waals surface area contributed by atoms with E-state index in [2.05, 4.69) is 10.2 Å². The number of hydrogen-bond acceptors (Lipinski definition) is 5. The Morgan fingerprint density at radius 1 is 1.43 bits per heavy atom. The Hall–Kier alpha value is -1.40. The maximum atomic E-state index is 11.1. The monoisotopic (exact) mass is 326 g/mol. The van der Waals surface area contributed by atoms with E-state index in [1.165, 1.54) is 11.3 Å². The largest absolute Gasteiger partial charge is 0.481 e. The summed E-state index contributed by atoms with van der Waals surface area (Å²) in [4.78, 5) is 11.9. The Bertz CT molecular complexity index is 646. The quantitative estimate of drug-likeness (QED) is 0.897. The number of aliphatic carboxylic acids is 1. The van der Waals surface area contributed by atoms with Gasteiger partial charge in [0.2, 0.25) is 5.89 Å². The van der Waals surface area contributed by atoms with Gasteiger partial charge in [-0.05, 0) is 29.7 Å². The van der Waals surface area contributed by atoms with Gasteiger partial charge in [0.05, 0.1) is 11.4 Å². The highest BCUT2D eigenvalue weighted by Crippen LogP contribution is 2.44. The van der Waals surface area contributed by atoms with Crippen LogP contribution in [0.25, 0.3) is 10.8 Å². The molecule has 0 aromatic carbocycles. The van der Waals surface area contributed by atoms with Crippen LogP contribution in [0, 0.1) is 5.41 Å². The zero-order valence-corrected chi connectivity index (χ0v) is 12.9. The molecular weight excluding hydrogens is 312 g/mol. The molecule has 0 saturated heterocycles. The fourth-order valence-electron chi connectivity index (χ4n) is 3.05. The van der Waals surface area contributed by atoms with E-state index in [4.69, 9.17) is 21.1 Å². The zero-order chi connectivity index (χ0) is 14.9. The van der Waals surface area contributed by atoms with Gasteiger partial charge in [0.1, 0.15) is 4.88 Å². The number of hydrogen-bond donors (Lipinski definition) is 1. The highest BCUT2D eigenvalue weighted by Gasteiger charge is 2.37. The Morgan fingerprint density at radius 3 is 2.81 bits per heavy atom. The van der Waals surface area contributed by atoms with E-state index in [1.807, 2.05) is 5.38 Å². The number of carboxylic acid groups (broad SMARTS) is 1. The van der Waals surface area contributed by atoms with E-state index in [0.717, 1.165) is 30.6 Å². The van der Waals surface area contributed by atoms with Gasteiger partial charge in [0.25, 0.3) is 5.89 Å². The van der Waals surface area contributed by atoms with Crippen LogP contribution in [-0.2, 0) is 11.2 Å². The van der Waals surface area contributed by atoms with E-state index in [9.17, 15) is 4.79 Å². The van der Waals surface area contributed by atoms with Gasteiger partial charge >= 0.3 is 5.97 Å². The lowest BCUT2D eigenvalue weighted by Gasteiger charge is -2.24. The third-order valence-corrected chi connectivity index (χ3v) is 5.32. The summed E-state index contributed by atoms with van der Waals surface area (Å²) >= 11 is 7.50. The van der Waals surface area contributed by atoms with Gasteiger partial charge in [-0.25, -0.2) is 0 Å². The molecule has 0 radical (unpaired) electrons. The van der Waals surface area contributed by atoms with E-state index in [-0.39, 0.29) is 11.8 Å². The van der Waals surface area contributed by atoms with Crippen LogP contribution in [0.2, 0.25) is 5.02 Å². The highest BCUT2D eigenvalue weighted by atomic mass is 35.5. The molecule has 0 spiro atoms. The average molecular weight is 327 g/mol. The molecule has 2 aromatic rings. The molecule has 0 bridgehead atoms. The van der Waals surface area contributed by atoms with Gasteiger partial charge in [-0.15, -0.1) is 21.5 Å². The molecule has 3 rings (SSSR count). The number of aromatic nitrogens is 2. The van der Waals surface area contributed by atoms with E-state index in [0.29, 0.717) is 23.2 Å². The molecule has 2 aromatic heterocycles. The minimum atomic E-state index is -0.766. The number of halogens is 1. The lowest BCUT2D eigenvalue weighted by Crippen LogP contribution is -2.23. The Balaban J connectivity index is 1.80. The summed E-state index contributed by atoms with van der Waals surface area (Å²) < 4.78 is 5.69. The van der Waals surface area contributed by atoms with E-state index >= 15 is 0 Å². The number of rotatable bonds is 5. The molecule has 1 aliphatic carbocycles. The third kappa shape index (κ3) is 3.11. The van der Waals surface area contributed by atoms with Gasteiger partial charge in [0, 0.05) is 6.42 Å². The first-order valence-electron chi connectivity index (χ1n) is 6.86. The fraction of sp³-hybridized carbons (Fsp3) is 0.500. The van der Waals surface area contributed by atoms with Crippen LogP contribution in [0.4, 0.5) is 0 Å². The van der Waals surface area contributed by atoms with E-state index < -0.39 is 5.97 Å². The molecule has 2 heterocycles. The predicted molar refractivity (Wildman–Crippen MR) is 79.5 cm³/mol. The molecule has 1 aliphatic rings. The molecule has 1 N–H and O–H groups in total. The van der Waals surface area contributed by atoms with Crippen LogP contribution in [0.1, 0.15) is 38.0 Å². The minimum absolute atomic E-state index is 0.157. The average Bonchev–Trinajstić information content (AvgIpc) is 3.11. The van der Waals surface area contributed by atoms with Crippen molar-refractivity contribution >= 4 is 28.9 Å². The molecule has 21 heavy (non-hydrogen) atoms. The van der Waals surface area contributed by atoms with Crippen molar-refractivity contribution in [3.63, 3.8) is 0 Å². The standard InChI is InChI=1S/C14H15ClN2O3S/c15-9-3-6-21-12(9)13-17-16-10(20-13)7-14(8-11(18)19)4-1-2-5-14/h3,6H,1-2,4-5,7-8H2,(H,18,19). The molecule has 0 aliphatic heterocycles. The topological polar surface area (TPSA) is 76.2 Å². The highest BCUT2D eigenvalue weighted by molar-refractivity contribution is 7.14. The molecule has 0 amide bonds. The molecule has 112 valence electrons. The summed E-state index contributed by atoms with van der Waals surface area (Å²) in [5, 5.41) is 19.7. The number of carboxylic acids is 1. The van der Waals surface area contributed by atoms with Crippen molar-refractivity contribution in [2.75, 3.05) is 0 Å². The maximum absolute atomic E-state index is 11.1. The molecule has 1 saturated carbocycles. The molecule has 5 nitrogen and oxygen atoms in total. The van der Waals surface area contributed by atoms with Gasteiger partial charge in [-0.1, -0.05) is 24.4 Å². The zero-order valence-electron chi connectivity index (χ0n) is 11.3. The van der Waals surface area contributed by atoms with Gasteiger partial charge < -0.3 is 9.52 Å². The molecule has 1 fully saturated rings. The first kappa shape index (κ1) is 14.5. The second kappa shape index (κ2) is 5.77. The predicted octanol–water partition coefficient (Wildman–Crippen LogP) is 4.03. The summed E-state index contributed by atoms with van der Waals surface area (Å²) in [6.45, 7) is 0. The fourth-order valence-corrected chi connectivity index (χ4v) is 4.10. The molecule has 7 heteroatoms. The van der Waals surface area contributed by atoms with Crippen LogP contribution >= 0.6 is 22.9 Å². The summed E-state index contributed by atoms with van der Waals surface area (Å²) in [6, 6.07) is 1.79. The van der Waals surface area contributed by atoms with Crippen molar-refractivity contribution in [1.29, 1.82) is 0 Å². The second-order valence-corrected chi connectivity index (χ2v) is 6.88. The second-order valence-electron chi connectivity index (χ2n) is 5.55. The first-order chi connectivity index (χ1) is 10.1.